The van der Waals surface area contributed by atoms with Crippen molar-refractivity contribution in [3.05, 3.63) is 29.8 Å². The molecular formula is C10H11FN2. The maximum atomic E-state index is 12.9. The van der Waals surface area contributed by atoms with Crippen LogP contribution >= 0.6 is 0 Å². The molecular weight excluding hydrogens is 167 g/mol. The molecule has 2 nitrogen and oxygen atoms in total. The molecule has 0 fully saturated rings. The lowest BCUT2D eigenvalue weighted by Gasteiger charge is -1.91. The van der Waals surface area contributed by atoms with Gasteiger partial charge in [0, 0.05) is 19.2 Å². The number of nitrogens with zero attached hydrogens (tertiary/aromatic N) is 1. The first-order valence-electron chi connectivity index (χ1n) is 4.07. The zero-order valence-electron chi connectivity index (χ0n) is 7.47. The Hall–Kier alpha value is -1.40. The minimum atomic E-state index is -0.362. The standard InChI is InChI=1S/C10H11FN2/c1-12-6-3-2-4-9-5-7-13-8-10(9)11/h5,7-8,12H,3,6H2,1H3. The zero-order chi connectivity index (χ0) is 9.52. The zero-order valence-corrected chi connectivity index (χ0v) is 7.47. The molecule has 0 saturated heterocycles. The SMILES string of the molecule is CNCCC#Cc1ccncc1F. The van der Waals surface area contributed by atoms with E-state index < -0.39 is 0 Å². The number of pyridine rings is 1. The van der Waals surface area contributed by atoms with Crippen LogP contribution < -0.4 is 5.32 Å². The molecule has 3 heteroatoms. The van der Waals surface area contributed by atoms with Crippen LogP contribution in [0.3, 0.4) is 0 Å². The van der Waals surface area contributed by atoms with E-state index in [2.05, 4.69) is 22.1 Å². The molecule has 13 heavy (non-hydrogen) atoms. The minimum Gasteiger partial charge on any atom is -0.319 e. The Balaban J connectivity index is 2.61. The van der Waals surface area contributed by atoms with Gasteiger partial charge >= 0.3 is 0 Å². The fourth-order valence-electron chi connectivity index (χ4n) is 0.822. The summed E-state index contributed by atoms with van der Waals surface area (Å²) < 4.78 is 12.9. The Morgan fingerprint density at radius 3 is 3.15 bits per heavy atom. The molecule has 0 aromatic carbocycles. The fraction of sp³-hybridized carbons (Fsp3) is 0.300. The summed E-state index contributed by atoms with van der Waals surface area (Å²) in [7, 11) is 1.86. The van der Waals surface area contributed by atoms with E-state index in [9.17, 15) is 4.39 Å². The van der Waals surface area contributed by atoms with Crippen LogP contribution in [0.4, 0.5) is 4.39 Å². The lowest BCUT2D eigenvalue weighted by Crippen LogP contribution is -2.05. The molecule has 0 bridgehead atoms. The molecule has 68 valence electrons. The van der Waals surface area contributed by atoms with Gasteiger partial charge in [0.15, 0.2) is 5.82 Å². The van der Waals surface area contributed by atoms with E-state index in [1.165, 1.54) is 12.4 Å². The molecule has 0 saturated carbocycles. The second-order valence-electron chi connectivity index (χ2n) is 2.51. The molecule has 0 aliphatic rings. The van der Waals surface area contributed by atoms with Crippen LogP contribution in [0.1, 0.15) is 12.0 Å². The van der Waals surface area contributed by atoms with Gasteiger partial charge in [-0.2, -0.15) is 0 Å². The Kier molecular flexibility index (Phi) is 3.94. The van der Waals surface area contributed by atoms with E-state index >= 15 is 0 Å². The van der Waals surface area contributed by atoms with E-state index in [0.717, 1.165) is 13.0 Å². The highest BCUT2D eigenvalue weighted by Gasteiger charge is 1.94. The first-order valence-corrected chi connectivity index (χ1v) is 4.07. The van der Waals surface area contributed by atoms with Crippen molar-refractivity contribution in [1.29, 1.82) is 0 Å². The number of aromatic nitrogens is 1. The molecule has 1 rings (SSSR count). The van der Waals surface area contributed by atoms with Gasteiger partial charge in [-0.15, -0.1) is 0 Å². The predicted octanol–water partition coefficient (Wildman–Crippen LogP) is 1.18. The lowest BCUT2D eigenvalue weighted by molar-refractivity contribution is 0.618. The summed E-state index contributed by atoms with van der Waals surface area (Å²) in [6.07, 6.45) is 3.42. The van der Waals surface area contributed by atoms with Crippen molar-refractivity contribution in [2.75, 3.05) is 13.6 Å². The number of hydrogen-bond donors (Lipinski definition) is 1. The highest BCUT2D eigenvalue weighted by molar-refractivity contribution is 5.33. The molecule has 1 heterocycles. The van der Waals surface area contributed by atoms with Crippen molar-refractivity contribution in [1.82, 2.24) is 10.3 Å². The van der Waals surface area contributed by atoms with Gasteiger partial charge in [-0.1, -0.05) is 11.8 Å². The topological polar surface area (TPSA) is 24.9 Å². The van der Waals surface area contributed by atoms with E-state index in [-0.39, 0.29) is 5.82 Å². The minimum absolute atomic E-state index is 0.362. The molecule has 0 radical (unpaired) electrons. The number of halogens is 1. The molecule has 0 spiro atoms. The van der Waals surface area contributed by atoms with Gasteiger partial charge in [-0.05, 0) is 13.1 Å². The van der Waals surface area contributed by atoms with Crippen LogP contribution in [-0.2, 0) is 0 Å². The molecule has 0 atom stereocenters. The monoisotopic (exact) mass is 178 g/mol. The Morgan fingerprint density at radius 2 is 2.46 bits per heavy atom. The Labute approximate surface area is 77.2 Å². The number of hydrogen-bond acceptors (Lipinski definition) is 2. The van der Waals surface area contributed by atoms with Crippen molar-refractivity contribution >= 4 is 0 Å². The highest BCUT2D eigenvalue weighted by atomic mass is 19.1. The number of nitrogens with one attached hydrogen (secondary N) is 1. The van der Waals surface area contributed by atoms with Gasteiger partial charge in [0.1, 0.15) is 0 Å². The summed E-state index contributed by atoms with van der Waals surface area (Å²) in [5, 5.41) is 2.96. The van der Waals surface area contributed by atoms with Crippen molar-refractivity contribution in [3.63, 3.8) is 0 Å². The van der Waals surface area contributed by atoms with Gasteiger partial charge < -0.3 is 5.32 Å². The van der Waals surface area contributed by atoms with Gasteiger partial charge in [0.2, 0.25) is 0 Å². The van der Waals surface area contributed by atoms with Crippen LogP contribution in [0, 0.1) is 17.7 Å². The summed E-state index contributed by atoms with van der Waals surface area (Å²) in [4.78, 5) is 3.63. The Morgan fingerprint density at radius 1 is 1.62 bits per heavy atom. The lowest BCUT2D eigenvalue weighted by atomic mass is 10.2. The Bertz CT molecular complexity index is 325. The predicted molar refractivity (Wildman–Crippen MR) is 49.6 cm³/mol. The third kappa shape index (κ3) is 3.22. The fourth-order valence-corrected chi connectivity index (χ4v) is 0.822. The van der Waals surface area contributed by atoms with E-state index in [1.807, 2.05) is 7.05 Å². The average Bonchev–Trinajstić information content (AvgIpc) is 2.15. The van der Waals surface area contributed by atoms with Gasteiger partial charge in [-0.25, -0.2) is 4.39 Å². The third-order valence-electron chi connectivity index (χ3n) is 1.50. The van der Waals surface area contributed by atoms with Crippen LogP contribution in [0.2, 0.25) is 0 Å². The van der Waals surface area contributed by atoms with Crippen LogP contribution in [0.5, 0.6) is 0 Å². The van der Waals surface area contributed by atoms with Crippen LogP contribution in [-0.4, -0.2) is 18.6 Å². The maximum absolute atomic E-state index is 12.9. The first-order chi connectivity index (χ1) is 6.34. The largest absolute Gasteiger partial charge is 0.319 e. The second-order valence-corrected chi connectivity index (χ2v) is 2.51. The average molecular weight is 178 g/mol. The second kappa shape index (κ2) is 5.28. The van der Waals surface area contributed by atoms with Crippen LogP contribution in [0.25, 0.3) is 0 Å². The molecule has 1 aromatic rings. The normalized spacial score (nSPS) is 9.08. The van der Waals surface area contributed by atoms with Crippen molar-refractivity contribution in [2.45, 2.75) is 6.42 Å². The highest BCUT2D eigenvalue weighted by Crippen LogP contribution is 2.01. The van der Waals surface area contributed by atoms with E-state index in [1.54, 1.807) is 6.07 Å². The number of rotatable bonds is 2. The molecule has 1 N–H and O–H groups in total. The van der Waals surface area contributed by atoms with E-state index in [0.29, 0.717) is 5.56 Å². The summed E-state index contributed by atoms with van der Waals surface area (Å²) in [6, 6.07) is 1.57. The van der Waals surface area contributed by atoms with Gasteiger partial charge in [0.05, 0.1) is 11.8 Å². The van der Waals surface area contributed by atoms with E-state index in [4.69, 9.17) is 0 Å². The smallest absolute Gasteiger partial charge is 0.157 e. The molecule has 0 amide bonds. The molecule has 0 aliphatic carbocycles. The van der Waals surface area contributed by atoms with Crippen molar-refractivity contribution < 1.29 is 4.39 Å². The summed E-state index contributed by atoms with van der Waals surface area (Å²) >= 11 is 0. The summed E-state index contributed by atoms with van der Waals surface area (Å²) in [5.74, 6) is 5.24. The van der Waals surface area contributed by atoms with Gasteiger partial charge in [0.25, 0.3) is 0 Å². The van der Waals surface area contributed by atoms with Crippen molar-refractivity contribution in [3.8, 4) is 11.8 Å². The van der Waals surface area contributed by atoms with Gasteiger partial charge in [-0.3, -0.25) is 4.98 Å². The van der Waals surface area contributed by atoms with Crippen molar-refractivity contribution in [2.24, 2.45) is 0 Å². The third-order valence-corrected chi connectivity index (χ3v) is 1.50. The molecule has 1 aromatic heterocycles. The molecule has 0 aliphatic heterocycles. The quantitative estimate of drug-likeness (QED) is 0.543. The van der Waals surface area contributed by atoms with Crippen LogP contribution in [0.15, 0.2) is 18.5 Å². The summed E-state index contributed by atoms with van der Waals surface area (Å²) in [6.45, 7) is 0.819. The first kappa shape index (κ1) is 9.69. The maximum Gasteiger partial charge on any atom is 0.157 e. The summed E-state index contributed by atoms with van der Waals surface area (Å²) in [5.41, 5.74) is 0.408. The molecule has 0 unspecified atom stereocenters.